The molecule has 0 fully saturated rings. The fourth-order valence-electron chi connectivity index (χ4n) is 1.09. The summed E-state index contributed by atoms with van der Waals surface area (Å²) >= 11 is 8.76. The van der Waals surface area contributed by atoms with E-state index in [0.717, 1.165) is 6.07 Å². The molecule has 1 aromatic carbocycles. The van der Waals surface area contributed by atoms with E-state index in [-0.39, 0.29) is 24.0 Å². The van der Waals surface area contributed by atoms with Crippen LogP contribution in [0.2, 0.25) is 5.02 Å². The van der Waals surface area contributed by atoms with Crippen LogP contribution in [0.5, 0.6) is 5.75 Å². The monoisotopic (exact) mass is 324 g/mol. The third-order valence-electron chi connectivity index (χ3n) is 1.84. The molecule has 0 bridgehead atoms. The van der Waals surface area contributed by atoms with Gasteiger partial charge in [-0.25, -0.2) is 4.39 Å². The lowest BCUT2D eigenvalue weighted by Crippen LogP contribution is -2.09. The van der Waals surface area contributed by atoms with Gasteiger partial charge in [0, 0.05) is 6.07 Å². The van der Waals surface area contributed by atoms with Crippen molar-refractivity contribution in [3.05, 3.63) is 27.4 Å². The van der Waals surface area contributed by atoms with Crippen molar-refractivity contribution in [2.45, 2.75) is 13.3 Å². The molecule has 0 heterocycles. The molecule has 0 spiro atoms. The number of carbonyl (C=O) groups is 1. The molecule has 0 aliphatic rings. The molecule has 0 radical (unpaired) electrons. The maximum Gasteiger partial charge on any atom is 0.309 e. The minimum absolute atomic E-state index is 0.00891. The van der Waals surface area contributed by atoms with Gasteiger partial charge in [-0.1, -0.05) is 11.6 Å². The van der Waals surface area contributed by atoms with Gasteiger partial charge in [-0.15, -0.1) is 0 Å². The van der Waals surface area contributed by atoms with Crippen molar-refractivity contribution in [2.24, 2.45) is 0 Å². The minimum Gasteiger partial charge on any atom is -0.492 e. The molecule has 1 rings (SSSR count). The first-order chi connectivity index (χ1) is 8.04. The zero-order chi connectivity index (χ0) is 12.8. The van der Waals surface area contributed by atoms with Crippen LogP contribution in [0.4, 0.5) is 4.39 Å². The van der Waals surface area contributed by atoms with Gasteiger partial charge in [0.1, 0.15) is 11.6 Å². The van der Waals surface area contributed by atoms with E-state index in [4.69, 9.17) is 21.1 Å². The Hall–Kier alpha value is -0.810. The third kappa shape index (κ3) is 4.52. The topological polar surface area (TPSA) is 35.5 Å². The summed E-state index contributed by atoms with van der Waals surface area (Å²) in [7, 11) is 0. The van der Waals surface area contributed by atoms with Crippen LogP contribution in [0.15, 0.2) is 16.6 Å². The molecule has 0 aromatic heterocycles. The lowest BCUT2D eigenvalue weighted by Gasteiger charge is -2.08. The van der Waals surface area contributed by atoms with Crippen molar-refractivity contribution in [3.8, 4) is 5.75 Å². The van der Waals surface area contributed by atoms with E-state index >= 15 is 0 Å². The zero-order valence-electron chi connectivity index (χ0n) is 9.13. The fraction of sp³-hybridized carbons (Fsp3) is 0.364. The Bertz CT molecular complexity index is 412. The van der Waals surface area contributed by atoms with Gasteiger partial charge in [-0.05, 0) is 28.9 Å². The average molecular weight is 326 g/mol. The predicted octanol–water partition coefficient (Wildman–Crippen LogP) is 3.57. The third-order valence-corrected chi connectivity index (χ3v) is 2.75. The van der Waals surface area contributed by atoms with Crippen LogP contribution < -0.4 is 4.74 Å². The number of ether oxygens (including phenoxy) is 2. The molecule has 6 heteroatoms. The molecule has 0 aliphatic heterocycles. The number of halogens is 3. The molecule has 3 nitrogen and oxygen atoms in total. The number of hydrogen-bond acceptors (Lipinski definition) is 3. The minimum atomic E-state index is -0.569. The van der Waals surface area contributed by atoms with Crippen LogP contribution in [0.1, 0.15) is 13.3 Å². The van der Waals surface area contributed by atoms with Crippen molar-refractivity contribution in [1.29, 1.82) is 0 Å². The lowest BCUT2D eigenvalue weighted by molar-refractivity contribution is -0.143. The van der Waals surface area contributed by atoms with Crippen molar-refractivity contribution in [1.82, 2.24) is 0 Å². The summed E-state index contributed by atoms with van der Waals surface area (Å²) in [6, 6.07) is 2.56. The van der Waals surface area contributed by atoms with Gasteiger partial charge in [0.15, 0.2) is 0 Å². The smallest absolute Gasteiger partial charge is 0.309 e. The first-order valence-electron chi connectivity index (χ1n) is 4.97. The van der Waals surface area contributed by atoms with Crippen LogP contribution in [-0.4, -0.2) is 19.2 Å². The van der Waals surface area contributed by atoms with E-state index < -0.39 is 5.82 Å². The Kier molecular flexibility index (Phi) is 5.71. The molecule has 0 aliphatic carbocycles. The SMILES string of the molecule is CCOC(=O)CCOc1cc(F)c(Cl)cc1Br. The summed E-state index contributed by atoms with van der Waals surface area (Å²) in [6.45, 7) is 2.18. The fourth-order valence-corrected chi connectivity index (χ4v) is 1.85. The van der Waals surface area contributed by atoms with Crippen molar-refractivity contribution >= 4 is 33.5 Å². The van der Waals surface area contributed by atoms with Gasteiger partial charge in [0.05, 0.1) is 29.1 Å². The first kappa shape index (κ1) is 14.3. The van der Waals surface area contributed by atoms with E-state index in [9.17, 15) is 9.18 Å². The van der Waals surface area contributed by atoms with Gasteiger partial charge < -0.3 is 9.47 Å². The molecule has 0 unspecified atom stereocenters. The normalized spacial score (nSPS) is 10.1. The van der Waals surface area contributed by atoms with Crippen LogP contribution in [0.3, 0.4) is 0 Å². The molecular formula is C11H11BrClFO3. The highest BCUT2D eigenvalue weighted by Crippen LogP contribution is 2.30. The highest BCUT2D eigenvalue weighted by atomic mass is 79.9. The van der Waals surface area contributed by atoms with Gasteiger partial charge in [-0.2, -0.15) is 0 Å². The Balaban J connectivity index is 2.52. The summed E-state index contributed by atoms with van der Waals surface area (Å²) in [5, 5.41) is 0.00891. The van der Waals surface area contributed by atoms with Gasteiger partial charge in [0.2, 0.25) is 0 Å². The summed E-state index contributed by atoms with van der Waals surface area (Å²) in [6.07, 6.45) is 0.116. The maximum absolute atomic E-state index is 13.1. The van der Waals surface area contributed by atoms with Crippen LogP contribution in [0, 0.1) is 5.82 Å². The van der Waals surface area contributed by atoms with Crippen molar-refractivity contribution in [2.75, 3.05) is 13.2 Å². The Morgan fingerprint density at radius 1 is 1.53 bits per heavy atom. The molecular weight excluding hydrogens is 314 g/mol. The molecule has 1 aromatic rings. The average Bonchev–Trinajstić information content (AvgIpc) is 2.26. The summed E-state index contributed by atoms with van der Waals surface area (Å²) in [4.78, 5) is 11.0. The van der Waals surface area contributed by atoms with E-state index in [0.29, 0.717) is 16.8 Å². The molecule has 94 valence electrons. The molecule has 0 saturated carbocycles. The van der Waals surface area contributed by atoms with Crippen LogP contribution in [-0.2, 0) is 9.53 Å². The largest absolute Gasteiger partial charge is 0.492 e. The standard InChI is InChI=1S/C11H11BrClFO3/c1-2-16-11(15)3-4-17-10-6-9(14)8(13)5-7(10)12/h5-6H,2-4H2,1H3. The molecule has 0 amide bonds. The highest BCUT2D eigenvalue weighted by molar-refractivity contribution is 9.10. The molecule has 0 N–H and O–H groups in total. The lowest BCUT2D eigenvalue weighted by atomic mass is 10.3. The molecule has 17 heavy (non-hydrogen) atoms. The van der Waals surface area contributed by atoms with E-state index in [1.54, 1.807) is 6.92 Å². The molecule has 0 saturated heterocycles. The van der Waals surface area contributed by atoms with Gasteiger partial charge in [-0.3, -0.25) is 4.79 Å². The summed E-state index contributed by atoms with van der Waals surface area (Å²) in [5.41, 5.74) is 0. The highest BCUT2D eigenvalue weighted by Gasteiger charge is 2.09. The second-order valence-corrected chi connectivity index (χ2v) is 4.36. The Labute approximate surface area is 112 Å². The number of rotatable bonds is 5. The number of benzene rings is 1. The van der Waals surface area contributed by atoms with Crippen molar-refractivity contribution < 1.29 is 18.7 Å². The van der Waals surface area contributed by atoms with E-state index in [2.05, 4.69) is 15.9 Å². The predicted molar refractivity (Wildman–Crippen MR) is 65.9 cm³/mol. The number of hydrogen-bond donors (Lipinski definition) is 0. The van der Waals surface area contributed by atoms with Gasteiger partial charge in [0.25, 0.3) is 0 Å². The van der Waals surface area contributed by atoms with Crippen LogP contribution in [0.25, 0.3) is 0 Å². The maximum atomic E-state index is 13.1. The first-order valence-corrected chi connectivity index (χ1v) is 6.14. The quantitative estimate of drug-likeness (QED) is 0.613. The number of esters is 1. The molecule has 0 atom stereocenters. The second kappa shape index (κ2) is 6.81. The summed E-state index contributed by atoms with van der Waals surface area (Å²) in [5.74, 6) is -0.616. The van der Waals surface area contributed by atoms with Crippen LogP contribution >= 0.6 is 27.5 Å². The van der Waals surface area contributed by atoms with Gasteiger partial charge >= 0.3 is 5.97 Å². The van der Waals surface area contributed by atoms with E-state index in [1.165, 1.54) is 6.07 Å². The van der Waals surface area contributed by atoms with Crippen molar-refractivity contribution in [3.63, 3.8) is 0 Å². The Morgan fingerprint density at radius 3 is 2.88 bits per heavy atom. The summed E-state index contributed by atoms with van der Waals surface area (Å²) < 4.78 is 23.6. The zero-order valence-corrected chi connectivity index (χ0v) is 11.5. The van der Waals surface area contributed by atoms with E-state index in [1.807, 2.05) is 0 Å². The second-order valence-electron chi connectivity index (χ2n) is 3.10. The Morgan fingerprint density at radius 2 is 2.24 bits per heavy atom. The number of carbonyl (C=O) groups excluding carboxylic acids is 1.